The number of aryl methyl sites for hydroxylation is 2. The van der Waals surface area contributed by atoms with Gasteiger partial charge in [0.1, 0.15) is 15.9 Å². The Morgan fingerprint density at radius 2 is 0.595 bits per heavy atom. The van der Waals surface area contributed by atoms with Gasteiger partial charge in [-0.3, -0.25) is 0 Å². The molecule has 0 N–H and O–H groups in total. The first kappa shape index (κ1) is 68.7. The Balaban J connectivity index is 1.17. The summed E-state index contributed by atoms with van der Waals surface area (Å²) in [4.78, 5) is 53.3. The molecular weight excluding hydrogens is 1010 g/mol. The predicted molar refractivity (Wildman–Crippen MR) is 335 cm³/mol. The SMILES string of the molecule is CCCCCCCCCC(CCCCCCCCCc1ccccc1)CCC[P+]([O-])([O-])Oc1ccc(C(C)(C)c2ccc(O[P+]([O-])([O-])CCCC(CCCCCCCCC)CCCCCCCCCc3ccccc3)cc2)cc1. The molecule has 4 rings (SSSR count). The lowest BCUT2D eigenvalue weighted by atomic mass is 9.78. The number of hydrogen-bond donors (Lipinski definition) is 0. The second kappa shape index (κ2) is 42.1. The topological polar surface area (TPSA) is 111 Å². The lowest BCUT2D eigenvalue weighted by Crippen LogP contribution is -2.30. The molecule has 444 valence electrons. The monoisotopic (exact) mass is 1120 g/mol. The summed E-state index contributed by atoms with van der Waals surface area (Å²) in [5.74, 6) is 1.82. The van der Waals surface area contributed by atoms with E-state index in [-0.39, 0.29) is 12.3 Å². The summed E-state index contributed by atoms with van der Waals surface area (Å²) in [6.07, 6.45) is 46.5. The highest BCUT2D eigenvalue weighted by atomic mass is 31.2. The van der Waals surface area contributed by atoms with Crippen LogP contribution in [0.3, 0.4) is 0 Å². The molecule has 0 saturated heterocycles. The quantitative estimate of drug-likeness (QED) is 0.0322. The average molecular weight is 1120 g/mol. The highest BCUT2D eigenvalue weighted by Gasteiger charge is 2.26. The van der Waals surface area contributed by atoms with Crippen molar-refractivity contribution in [1.29, 1.82) is 0 Å². The van der Waals surface area contributed by atoms with Gasteiger partial charge in [0, 0.05) is 5.41 Å². The van der Waals surface area contributed by atoms with Crippen molar-refractivity contribution in [2.45, 2.75) is 277 Å². The maximum atomic E-state index is 13.3. The first-order chi connectivity index (χ1) is 38.4. The minimum Gasteiger partial charge on any atom is -0.652 e. The van der Waals surface area contributed by atoms with Gasteiger partial charge in [0.15, 0.2) is 11.5 Å². The van der Waals surface area contributed by atoms with Gasteiger partial charge >= 0.3 is 0 Å². The number of rotatable bonds is 50. The second-order valence-electron chi connectivity index (χ2n) is 24.4. The zero-order valence-corrected chi connectivity index (χ0v) is 52.5. The minimum atomic E-state index is -4.08. The second-order valence-corrected chi connectivity index (χ2v) is 28.1. The Labute approximate surface area is 486 Å². The molecule has 0 aliphatic rings. The number of hydrogen-bond acceptors (Lipinski definition) is 6. The van der Waals surface area contributed by atoms with Gasteiger partial charge in [0.25, 0.3) is 0 Å². The van der Waals surface area contributed by atoms with Crippen LogP contribution in [-0.4, -0.2) is 12.3 Å². The van der Waals surface area contributed by atoms with Gasteiger partial charge in [-0.1, -0.05) is 305 Å². The first-order valence-electron chi connectivity index (χ1n) is 32.7. The average Bonchev–Trinajstić information content (AvgIpc) is 3.45. The molecule has 0 aliphatic carbocycles. The molecule has 0 aromatic heterocycles. The third-order valence-electron chi connectivity index (χ3n) is 17.0. The van der Waals surface area contributed by atoms with Crippen molar-refractivity contribution >= 4 is 15.9 Å². The van der Waals surface area contributed by atoms with E-state index in [1.54, 1.807) is 24.3 Å². The molecule has 4 aromatic rings. The smallest absolute Gasteiger partial charge is 0.172 e. The van der Waals surface area contributed by atoms with Crippen molar-refractivity contribution in [2.75, 3.05) is 12.3 Å². The van der Waals surface area contributed by atoms with E-state index in [4.69, 9.17) is 9.05 Å². The highest BCUT2D eigenvalue weighted by Crippen LogP contribution is 2.46. The number of benzene rings is 4. The zero-order chi connectivity index (χ0) is 56.5. The summed E-state index contributed by atoms with van der Waals surface area (Å²) in [6.45, 7) is 8.76. The van der Waals surface area contributed by atoms with Crippen LogP contribution >= 0.6 is 15.9 Å². The molecule has 0 saturated carbocycles. The fourth-order valence-corrected chi connectivity index (χ4v) is 14.0. The maximum absolute atomic E-state index is 13.3. The Hall–Kier alpha value is -2.82. The fraction of sp³-hybridized carbons (Fsp3) is 0.662. The Bertz CT molecular complexity index is 1880. The van der Waals surface area contributed by atoms with E-state index in [2.05, 4.69) is 88.4 Å². The summed E-state index contributed by atoms with van der Waals surface area (Å²) in [6, 6.07) is 36.4. The van der Waals surface area contributed by atoms with E-state index < -0.39 is 21.3 Å². The van der Waals surface area contributed by atoms with Crippen molar-refractivity contribution in [3.8, 4) is 11.5 Å². The zero-order valence-electron chi connectivity index (χ0n) is 50.7. The largest absolute Gasteiger partial charge is 0.652 e. The molecule has 0 bridgehead atoms. The van der Waals surface area contributed by atoms with E-state index in [0.717, 1.165) is 24.0 Å². The fourth-order valence-electron chi connectivity index (χ4n) is 11.8. The van der Waals surface area contributed by atoms with Gasteiger partial charge in [0.05, 0.1) is 12.3 Å². The van der Waals surface area contributed by atoms with Crippen LogP contribution in [0.5, 0.6) is 11.5 Å². The Kier molecular flexibility index (Phi) is 36.6. The molecule has 0 amide bonds. The molecule has 2 unspecified atom stereocenters. The summed E-state index contributed by atoms with van der Waals surface area (Å²) in [5.41, 5.74) is 4.46. The summed E-state index contributed by atoms with van der Waals surface area (Å²) in [5, 5.41) is 0. The summed E-state index contributed by atoms with van der Waals surface area (Å²) < 4.78 is 11.4. The van der Waals surface area contributed by atoms with E-state index in [1.807, 2.05) is 24.3 Å². The van der Waals surface area contributed by atoms with E-state index in [1.165, 1.54) is 229 Å². The minimum absolute atomic E-state index is 0.0538. The molecule has 0 fully saturated rings. The third-order valence-corrected chi connectivity index (χ3v) is 19.7. The van der Waals surface area contributed by atoms with Gasteiger partial charge in [-0.05, 0) is 110 Å². The van der Waals surface area contributed by atoms with Gasteiger partial charge < -0.3 is 28.6 Å². The molecule has 4 aromatic carbocycles. The van der Waals surface area contributed by atoms with Gasteiger partial charge in [-0.25, -0.2) is 0 Å². The standard InChI is InChI=1S/C71H114O6P2/c1-5-7-9-11-15-21-31-43-65(45-33-25-19-13-17-23-29-41-63-47-35-27-36-48-63)51-39-61-78(72,73)76-69-57-53-67(54-58-69)71(3,4)68-55-59-70(60-56-68)77-79(74,75)62-40-52-66(44-32-22-16-12-10-8-6-2)46-34-26-20-14-18-24-30-42-64-49-37-28-38-50-64/h27-28,35-38,47-50,53-60,65-66H,5-26,29-34,39-46,51-52,61-62H2,1-4H3,(H,72,73)(H,74,75)/p-2. The molecule has 0 spiro atoms. The van der Waals surface area contributed by atoms with Gasteiger partial charge in [-0.15, -0.1) is 0 Å². The van der Waals surface area contributed by atoms with Crippen LogP contribution in [0.25, 0.3) is 0 Å². The highest BCUT2D eigenvalue weighted by molar-refractivity contribution is 7.57. The summed E-state index contributed by atoms with van der Waals surface area (Å²) in [7, 11) is -8.16. The van der Waals surface area contributed by atoms with Crippen molar-refractivity contribution in [2.24, 2.45) is 11.8 Å². The van der Waals surface area contributed by atoms with Crippen LogP contribution in [0.1, 0.15) is 281 Å². The van der Waals surface area contributed by atoms with Crippen molar-refractivity contribution in [3.05, 3.63) is 131 Å². The van der Waals surface area contributed by atoms with E-state index >= 15 is 0 Å². The molecule has 0 heterocycles. The third kappa shape index (κ3) is 32.6. The predicted octanol–water partition coefficient (Wildman–Crippen LogP) is 19.5. The van der Waals surface area contributed by atoms with E-state index in [0.29, 0.717) is 36.2 Å². The van der Waals surface area contributed by atoms with E-state index in [9.17, 15) is 19.6 Å². The van der Waals surface area contributed by atoms with Gasteiger partial charge in [0.2, 0.25) is 0 Å². The van der Waals surface area contributed by atoms with Crippen LogP contribution in [0.15, 0.2) is 109 Å². The van der Waals surface area contributed by atoms with Crippen LogP contribution < -0.4 is 28.6 Å². The summed E-state index contributed by atoms with van der Waals surface area (Å²) >= 11 is 0. The molecule has 79 heavy (non-hydrogen) atoms. The molecule has 0 radical (unpaired) electrons. The molecule has 6 nitrogen and oxygen atoms in total. The van der Waals surface area contributed by atoms with Crippen LogP contribution in [0.2, 0.25) is 0 Å². The Morgan fingerprint density at radius 3 is 0.899 bits per heavy atom. The molecule has 2 atom stereocenters. The molecular formula is C71H112O6P2-2. The van der Waals surface area contributed by atoms with Crippen molar-refractivity contribution in [1.82, 2.24) is 0 Å². The maximum Gasteiger partial charge on any atom is 0.172 e. The normalized spacial score (nSPS) is 13.0. The van der Waals surface area contributed by atoms with Crippen molar-refractivity contribution in [3.63, 3.8) is 0 Å². The number of unbranched alkanes of at least 4 members (excludes halogenated alkanes) is 24. The van der Waals surface area contributed by atoms with Gasteiger partial charge in [-0.2, -0.15) is 0 Å². The lowest BCUT2D eigenvalue weighted by Gasteiger charge is -2.35. The molecule has 0 aliphatic heterocycles. The molecule has 8 heteroatoms. The van der Waals surface area contributed by atoms with Crippen LogP contribution in [-0.2, 0) is 18.3 Å². The first-order valence-corrected chi connectivity index (χ1v) is 36.1. The van der Waals surface area contributed by atoms with Crippen LogP contribution in [0.4, 0.5) is 0 Å². The van der Waals surface area contributed by atoms with Crippen molar-refractivity contribution < 1.29 is 28.6 Å². The lowest BCUT2D eigenvalue weighted by molar-refractivity contribution is -0.330. The Morgan fingerprint density at radius 1 is 0.329 bits per heavy atom. The van der Waals surface area contributed by atoms with Crippen LogP contribution in [0, 0.1) is 11.8 Å².